The maximum Gasteiger partial charge on any atom is 0.180 e. The highest BCUT2D eigenvalue weighted by molar-refractivity contribution is 5.57. The summed E-state index contributed by atoms with van der Waals surface area (Å²) in [5.41, 5.74) is 3.41. The minimum atomic E-state index is 0.759. The molecule has 0 bridgehead atoms. The number of rotatable bonds is 2. The van der Waals surface area contributed by atoms with Crippen LogP contribution in [0.1, 0.15) is 17.7 Å². The van der Waals surface area contributed by atoms with Gasteiger partial charge in [0.2, 0.25) is 0 Å². The molecule has 2 aromatic rings. The van der Waals surface area contributed by atoms with Crippen LogP contribution in [0.3, 0.4) is 0 Å². The van der Waals surface area contributed by atoms with E-state index in [4.69, 9.17) is 0 Å². The van der Waals surface area contributed by atoms with Gasteiger partial charge in [-0.2, -0.15) is 0 Å². The topological polar surface area (TPSA) is 55.6 Å². The number of hydrogen-bond donors (Lipinski definition) is 1. The molecule has 0 unspecified atom stereocenters. The number of aromatic nitrogens is 4. The van der Waals surface area contributed by atoms with Crippen LogP contribution in [0.5, 0.6) is 0 Å². The number of fused-ring (bicyclic) bond motifs is 1. The van der Waals surface area contributed by atoms with Gasteiger partial charge in [0.05, 0.1) is 12.5 Å². The predicted molar refractivity (Wildman–Crippen MR) is 65.8 cm³/mol. The third-order valence-corrected chi connectivity index (χ3v) is 3.22. The Morgan fingerprint density at radius 2 is 2.18 bits per heavy atom. The number of imidazole rings is 1. The monoisotopic (exact) mass is 229 g/mol. The Morgan fingerprint density at radius 1 is 1.29 bits per heavy atom. The van der Waals surface area contributed by atoms with Gasteiger partial charge >= 0.3 is 0 Å². The second-order valence-electron chi connectivity index (χ2n) is 4.31. The van der Waals surface area contributed by atoms with Crippen molar-refractivity contribution in [1.29, 1.82) is 0 Å². The fourth-order valence-electron chi connectivity index (χ4n) is 2.33. The van der Waals surface area contributed by atoms with E-state index >= 15 is 0 Å². The first-order valence-corrected chi connectivity index (χ1v) is 5.84. The maximum atomic E-state index is 4.65. The molecule has 5 nitrogen and oxygen atoms in total. The third kappa shape index (κ3) is 1.58. The van der Waals surface area contributed by atoms with Crippen molar-refractivity contribution in [2.75, 3.05) is 12.4 Å². The average Bonchev–Trinajstić information content (AvgIpc) is 2.95. The lowest BCUT2D eigenvalue weighted by Gasteiger charge is -2.09. The lowest BCUT2D eigenvalue weighted by Crippen LogP contribution is -2.04. The van der Waals surface area contributed by atoms with E-state index in [1.54, 1.807) is 12.5 Å². The normalized spacial score (nSPS) is 13.8. The number of aryl methyl sites for hydroxylation is 2. The van der Waals surface area contributed by atoms with E-state index in [1.165, 1.54) is 17.7 Å². The van der Waals surface area contributed by atoms with Crippen molar-refractivity contribution in [3.8, 4) is 11.5 Å². The molecule has 88 valence electrons. The molecule has 2 aromatic heterocycles. The summed E-state index contributed by atoms with van der Waals surface area (Å²) < 4.78 is 1.94. The van der Waals surface area contributed by atoms with Crippen molar-refractivity contribution in [1.82, 2.24) is 19.5 Å². The van der Waals surface area contributed by atoms with Crippen molar-refractivity contribution in [2.45, 2.75) is 19.3 Å². The van der Waals surface area contributed by atoms with Crippen molar-refractivity contribution in [3.05, 3.63) is 23.8 Å². The van der Waals surface area contributed by atoms with Gasteiger partial charge in [0, 0.05) is 25.4 Å². The molecule has 1 aliphatic carbocycles. The fraction of sp³-hybridized carbons (Fsp3) is 0.417. The standard InChI is InChI=1S/C12H15N5/c1-13-11-8-4-3-5-9(8)15-12(16-11)10-6-14-7-17(10)2/h6-7H,3-5H2,1-2H3,(H,13,15,16). The van der Waals surface area contributed by atoms with E-state index in [-0.39, 0.29) is 0 Å². The summed E-state index contributed by atoms with van der Waals surface area (Å²) >= 11 is 0. The molecule has 17 heavy (non-hydrogen) atoms. The van der Waals surface area contributed by atoms with Crippen molar-refractivity contribution in [2.24, 2.45) is 7.05 Å². The van der Waals surface area contributed by atoms with Crippen LogP contribution in [-0.2, 0) is 19.9 Å². The molecule has 0 spiro atoms. The summed E-state index contributed by atoms with van der Waals surface area (Å²) in [6, 6.07) is 0. The number of anilines is 1. The lowest BCUT2D eigenvalue weighted by molar-refractivity contribution is 0.891. The van der Waals surface area contributed by atoms with Gasteiger partial charge in [0.15, 0.2) is 5.82 Å². The minimum Gasteiger partial charge on any atom is -0.373 e. The van der Waals surface area contributed by atoms with Crippen LogP contribution < -0.4 is 5.32 Å². The molecule has 0 saturated carbocycles. The number of nitrogens with zero attached hydrogens (tertiary/aromatic N) is 4. The molecule has 0 amide bonds. The maximum absolute atomic E-state index is 4.65. The van der Waals surface area contributed by atoms with Crippen LogP contribution in [0.4, 0.5) is 5.82 Å². The van der Waals surface area contributed by atoms with E-state index in [9.17, 15) is 0 Å². The Labute approximate surface area is 99.9 Å². The summed E-state index contributed by atoms with van der Waals surface area (Å²) in [7, 11) is 3.87. The van der Waals surface area contributed by atoms with Crippen LogP contribution in [0.25, 0.3) is 11.5 Å². The SMILES string of the molecule is CNc1nc(-c2cncn2C)nc2c1CCC2. The second kappa shape index (κ2) is 3.84. The van der Waals surface area contributed by atoms with Gasteiger partial charge in [-0.1, -0.05) is 0 Å². The average molecular weight is 229 g/mol. The molecule has 5 heteroatoms. The van der Waals surface area contributed by atoms with Crippen LogP contribution >= 0.6 is 0 Å². The van der Waals surface area contributed by atoms with E-state index in [0.717, 1.165) is 30.2 Å². The molecule has 0 radical (unpaired) electrons. The molecule has 2 heterocycles. The van der Waals surface area contributed by atoms with Crippen LogP contribution in [-0.4, -0.2) is 26.6 Å². The van der Waals surface area contributed by atoms with Crippen molar-refractivity contribution in [3.63, 3.8) is 0 Å². The minimum absolute atomic E-state index is 0.759. The van der Waals surface area contributed by atoms with Crippen LogP contribution in [0, 0.1) is 0 Å². The quantitative estimate of drug-likeness (QED) is 0.846. The molecular formula is C12H15N5. The summed E-state index contributed by atoms with van der Waals surface area (Å²) in [6.45, 7) is 0. The van der Waals surface area contributed by atoms with Gasteiger partial charge < -0.3 is 9.88 Å². The Bertz CT molecular complexity index is 558. The molecule has 1 N–H and O–H groups in total. The second-order valence-corrected chi connectivity index (χ2v) is 4.31. The third-order valence-electron chi connectivity index (χ3n) is 3.22. The van der Waals surface area contributed by atoms with Crippen molar-refractivity contribution >= 4 is 5.82 Å². The first-order chi connectivity index (χ1) is 8.29. The Kier molecular flexibility index (Phi) is 2.31. The van der Waals surface area contributed by atoms with Crippen LogP contribution in [0.15, 0.2) is 12.5 Å². The zero-order chi connectivity index (χ0) is 11.8. The Morgan fingerprint density at radius 3 is 2.88 bits per heavy atom. The first-order valence-electron chi connectivity index (χ1n) is 5.84. The predicted octanol–water partition coefficient (Wildman–Crippen LogP) is 1.41. The summed E-state index contributed by atoms with van der Waals surface area (Å²) in [4.78, 5) is 13.3. The molecule has 1 aliphatic rings. The molecule has 0 fully saturated rings. The zero-order valence-electron chi connectivity index (χ0n) is 10.1. The van der Waals surface area contributed by atoms with Gasteiger partial charge in [-0.25, -0.2) is 15.0 Å². The van der Waals surface area contributed by atoms with Gasteiger partial charge in [-0.3, -0.25) is 0 Å². The van der Waals surface area contributed by atoms with Gasteiger partial charge in [-0.15, -0.1) is 0 Å². The summed E-state index contributed by atoms with van der Waals surface area (Å²) in [5, 5.41) is 3.17. The van der Waals surface area contributed by atoms with Crippen LogP contribution in [0.2, 0.25) is 0 Å². The largest absolute Gasteiger partial charge is 0.373 e. The number of nitrogens with one attached hydrogen (secondary N) is 1. The Hall–Kier alpha value is -1.91. The molecule has 0 aromatic carbocycles. The first kappa shape index (κ1) is 10.3. The molecule has 0 saturated heterocycles. The molecule has 0 aliphatic heterocycles. The molecule has 3 rings (SSSR count). The highest BCUT2D eigenvalue weighted by Gasteiger charge is 2.19. The molecular weight excluding hydrogens is 214 g/mol. The summed E-state index contributed by atoms with van der Waals surface area (Å²) in [5.74, 6) is 1.72. The zero-order valence-corrected chi connectivity index (χ0v) is 10.1. The smallest absolute Gasteiger partial charge is 0.180 e. The lowest BCUT2D eigenvalue weighted by atomic mass is 10.2. The van der Waals surface area contributed by atoms with Gasteiger partial charge in [-0.05, 0) is 19.3 Å². The molecule has 0 atom stereocenters. The van der Waals surface area contributed by atoms with E-state index in [1.807, 2.05) is 18.7 Å². The highest BCUT2D eigenvalue weighted by Crippen LogP contribution is 2.28. The van der Waals surface area contributed by atoms with Gasteiger partial charge in [0.25, 0.3) is 0 Å². The highest BCUT2D eigenvalue weighted by atomic mass is 15.1. The Balaban J connectivity index is 2.16. The number of hydrogen-bond acceptors (Lipinski definition) is 4. The fourth-order valence-corrected chi connectivity index (χ4v) is 2.33. The van der Waals surface area contributed by atoms with Gasteiger partial charge in [0.1, 0.15) is 11.5 Å². The van der Waals surface area contributed by atoms with E-state index < -0.39 is 0 Å². The summed E-state index contributed by atoms with van der Waals surface area (Å²) in [6.07, 6.45) is 6.88. The van der Waals surface area contributed by atoms with Crippen molar-refractivity contribution < 1.29 is 0 Å². The van der Waals surface area contributed by atoms with E-state index in [2.05, 4.69) is 20.3 Å². The van der Waals surface area contributed by atoms with E-state index in [0.29, 0.717) is 0 Å².